The quantitative estimate of drug-likeness (QED) is 0.438. The highest BCUT2D eigenvalue weighted by Gasteiger charge is 2.18. The number of rotatable bonds is 0. The summed E-state index contributed by atoms with van der Waals surface area (Å²) in [5.74, 6) is 0.829. The molecule has 0 saturated heterocycles. The van der Waals surface area contributed by atoms with Crippen LogP contribution in [0.4, 0.5) is 0 Å². The first-order valence-corrected chi connectivity index (χ1v) is 12.3. The summed E-state index contributed by atoms with van der Waals surface area (Å²) in [4.78, 5) is 0. The van der Waals surface area contributed by atoms with Gasteiger partial charge in [-0.3, -0.25) is 0 Å². The van der Waals surface area contributed by atoms with Crippen LogP contribution in [-0.2, 0) is 12.8 Å². The average Bonchev–Trinajstić information content (AvgIpc) is 3.27. The van der Waals surface area contributed by atoms with Crippen LogP contribution in [0.15, 0.2) is 0 Å². The van der Waals surface area contributed by atoms with Crippen LogP contribution in [0, 0.1) is 61.3 Å². The summed E-state index contributed by atoms with van der Waals surface area (Å²) in [6.07, 6.45) is 6.63. The molecular weight excluding hydrogens is 393 g/mol. The predicted octanol–water partition coefficient (Wildman–Crippen LogP) is 6.07. The van der Waals surface area contributed by atoms with Gasteiger partial charge in [0.15, 0.2) is 0 Å². The minimum Gasteiger partial charge on any atom is -0.0904 e. The summed E-state index contributed by atoms with van der Waals surface area (Å²) >= 11 is 0. The lowest BCUT2D eigenvalue weighted by molar-refractivity contribution is 0.386. The number of benzene rings is 2. The standard InChI is InChI=1S/C12H15B.C11H15B.C7H13B/c1-7-8(2)10-5-4-6-11(10)12(13)9(7)3;1-6-7(2)9(4)11(12)10(5)8(6)3;1-6-4-2-3-5-7(6)8/h4-6H2,1-3H3;1-5H3;6-7H,2-5H2,1H3/i2*4D;1D. The molecular formula is C30H43B3. The lowest BCUT2D eigenvalue weighted by Crippen LogP contribution is -2.17. The molecule has 0 aliphatic heterocycles. The van der Waals surface area contributed by atoms with E-state index in [0.717, 1.165) is 41.3 Å². The zero-order valence-corrected chi connectivity index (χ0v) is 22.1. The van der Waals surface area contributed by atoms with Gasteiger partial charge in [0, 0.05) is 4.11 Å². The Kier molecular flexibility index (Phi) is 8.40. The normalized spacial score (nSPS) is 22.6. The van der Waals surface area contributed by atoms with Crippen LogP contribution in [0.1, 0.15) is 98.7 Å². The van der Waals surface area contributed by atoms with Crippen molar-refractivity contribution in [3.63, 3.8) is 0 Å². The van der Waals surface area contributed by atoms with Gasteiger partial charge in [-0.15, -0.1) is 0 Å². The van der Waals surface area contributed by atoms with E-state index < -0.39 is 0 Å². The molecule has 2 aliphatic rings. The van der Waals surface area contributed by atoms with Crippen LogP contribution in [-0.4, -0.2) is 23.5 Å². The molecule has 3 heteroatoms. The average molecular weight is 439 g/mol. The highest BCUT2D eigenvalue weighted by Crippen LogP contribution is 2.31. The van der Waals surface area contributed by atoms with Crippen molar-refractivity contribution in [1.29, 1.82) is 0 Å². The predicted molar refractivity (Wildman–Crippen MR) is 151 cm³/mol. The molecule has 2 aliphatic carbocycles. The highest BCUT2D eigenvalue weighted by molar-refractivity contribution is 6.35. The third-order valence-corrected chi connectivity index (χ3v) is 8.21. The molecule has 0 N–H and O–H groups in total. The van der Waals surface area contributed by atoms with Crippen LogP contribution in [0.5, 0.6) is 0 Å². The zero-order chi connectivity index (χ0) is 27.3. The number of hydrogen-bond acceptors (Lipinski definition) is 0. The van der Waals surface area contributed by atoms with E-state index in [1.165, 1.54) is 63.8 Å². The molecule has 6 radical (unpaired) electrons. The molecule has 2 aromatic rings. The molecule has 0 amide bonds. The van der Waals surface area contributed by atoms with Crippen molar-refractivity contribution in [2.24, 2.45) is 5.92 Å². The zero-order valence-electron chi connectivity index (χ0n) is 25.1. The maximum atomic E-state index is 7.80. The molecule has 2 aromatic carbocycles. The van der Waals surface area contributed by atoms with Gasteiger partial charge >= 0.3 is 0 Å². The largest absolute Gasteiger partial charge is 0.114 e. The first kappa shape index (κ1) is 23.4. The topological polar surface area (TPSA) is 0 Å². The molecule has 0 heterocycles. The lowest BCUT2D eigenvalue weighted by atomic mass is 9.69. The van der Waals surface area contributed by atoms with E-state index in [-0.39, 0.29) is 13.3 Å². The lowest BCUT2D eigenvalue weighted by Gasteiger charge is -2.24. The monoisotopic (exact) mass is 439 g/mol. The summed E-state index contributed by atoms with van der Waals surface area (Å²) in [6.45, 7) is 15.4. The maximum absolute atomic E-state index is 7.80. The second kappa shape index (κ2) is 11.9. The third kappa shape index (κ3) is 6.20. The van der Waals surface area contributed by atoms with E-state index in [0.29, 0.717) is 18.6 Å². The minimum absolute atomic E-state index is 0.0206. The Bertz CT molecular complexity index is 999. The van der Waals surface area contributed by atoms with E-state index in [1.807, 2.05) is 13.8 Å². The van der Waals surface area contributed by atoms with Crippen molar-refractivity contribution >= 4 is 34.5 Å². The molecule has 0 spiro atoms. The van der Waals surface area contributed by atoms with E-state index in [4.69, 9.17) is 27.7 Å². The summed E-state index contributed by atoms with van der Waals surface area (Å²) < 4.78 is 22.4. The van der Waals surface area contributed by atoms with E-state index >= 15 is 0 Å². The molecule has 172 valence electrons. The maximum Gasteiger partial charge on any atom is 0.114 e. The van der Waals surface area contributed by atoms with Crippen molar-refractivity contribution in [2.45, 2.75) is 113 Å². The van der Waals surface area contributed by atoms with Crippen molar-refractivity contribution in [1.82, 2.24) is 0 Å². The van der Waals surface area contributed by atoms with Crippen LogP contribution >= 0.6 is 0 Å². The Labute approximate surface area is 213 Å². The SMILES string of the molecule is [2H]C1Cc2c([B])c(C)c(C)c(C)c2C1.[2H]CC1CCCCC1[B].[2H]Cc1c([B])c(C)c(C)c(C)c1C. The minimum atomic E-state index is 0.0206. The van der Waals surface area contributed by atoms with Crippen LogP contribution < -0.4 is 10.9 Å². The molecule has 0 nitrogen and oxygen atoms in total. The van der Waals surface area contributed by atoms with E-state index in [9.17, 15) is 0 Å². The van der Waals surface area contributed by atoms with Gasteiger partial charge in [-0.1, -0.05) is 71.6 Å². The Hall–Kier alpha value is -1.37. The summed E-state index contributed by atoms with van der Waals surface area (Å²) in [6, 6.07) is 0. The molecule has 33 heavy (non-hydrogen) atoms. The fourth-order valence-corrected chi connectivity index (χ4v) is 4.85. The molecule has 1 fully saturated rings. The van der Waals surface area contributed by atoms with E-state index in [1.54, 1.807) is 0 Å². The van der Waals surface area contributed by atoms with Crippen LogP contribution in [0.2, 0.25) is 5.82 Å². The smallest absolute Gasteiger partial charge is 0.0904 e. The van der Waals surface area contributed by atoms with Gasteiger partial charge in [0.1, 0.15) is 15.7 Å². The second-order valence-corrected chi connectivity index (χ2v) is 10.0. The van der Waals surface area contributed by atoms with Crippen molar-refractivity contribution in [2.75, 3.05) is 0 Å². The van der Waals surface area contributed by atoms with Crippen molar-refractivity contribution < 1.29 is 4.11 Å². The van der Waals surface area contributed by atoms with Gasteiger partial charge in [-0.25, -0.2) is 0 Å². The highest BCUT2D eigenvalue weighted by atomic mass is 14.2. The Morgan fingerprint density at radius 3 is 1.76 bits per heavy atom. The Morgan fingerprint density at radius 2 is 1.18 bits per heavy atom. The van der Waals surface area contributed by atoms with Crippen LogP contribution in [0.25, 0.3) is 0 Å². The first-order valence-electron chi connectivity index (χ1n) is 14.3. The fraction of sp³-hybridized carbons (Fsp3) is 0.600. The Morgan fingerprint density at radius 1 is 0.667 bits per heavy atom. The molecule has 3 unspecified atom stereocenters. The molecule has 0 bridgehead atoms. The van der Waals surface area contributed by atoms with E-state index in [2.05, 4.69) is 34.6 Å². The molecule has 4 rings (SSSR count). The first-order chi connectivity index (χ1) is 16.9. The summed E-state index contributed by atoms with van der Waals surface area (Å²) in [7, 11) is 17.8. The van der Waals surface area contributed by atoms with Crippen LogP contribution in [0.3, 0.4) is 0 Å². The molecule has 0 aromatic heterocycles. The Balaban J connectivity index is 0.000000195. The third-order valence-electron chi connectivity index (χ3n) is 8.21. The summed E-state index contributed by atoms with van der Waals surface area (Å²) in [5, 5.41) is 0. The van der Waals surface area contributed by atoms with Crippen molar-refractivity contribution in [3.8, 4) is 0 Å². The number of hydrogen-bond donors (Lipinski definition) is 0. The number of fused-ring (bicyclic) bond motifs is 1. The molecule has 3 atom stereocenters. The van der Waals surface area contributed by atoms with Gasteiger partial charge in [-0.2, -0.15) is 0 Å². The van der Waals surface area contributed by atoms with Gasteiger partial charge in [0.25, 0.3) is 0 Å². The van der Waals surface area contributed by atoms with Crippen molar-refractivity contribution in [3.05, 3.63) is 55.6 Å². The molecule has 1 saturated carbocycles. The van der Waals surface area contributed by atoms with Gasteiger partial charge < -0.3 is 0 Å². The fourth-order valence-electron chi connectivity index (χ4n) is 4.85. The van der Waals surface area contributed by atoms with Gasteiger partial charge in [-0.05, 0) is 114 Å². The van der Waals surface area contributed by atoms with Gasteiger partial charge in [0.2, 0.25) is 0 Å². The summed E-state index contributed by atoms with van der Waals surface area (Å²) in [5.41, 5.74) is 14.0. The second-order valence-electron chi connectivity index (χ2n) is 10.0. The van der Waals surface area contributed by atoms with Gasteiger partial charge in [0.05, 0.1) is 7.85 Å².